The van der Waals surface area contributed by atoms with Gasteiger partial charge in [-0.05, 0) is 57.6 Å². The number of ether oxygens (including phenoxy) is 2. The van der Waals surface area contributed by atoms with Crippen LogP contribution in [0.2, 0.25) is 0 Å². The lowest BCUT2D eigenvalue weighted by Crippen LogP contribution is -2.27. The summed E-state index contributed by atoms with van der Waals surface area (Å²) in [5, 5.41) is 2.77. The Bertz CT molecular complexity index is 1440. The van der Waals surface area contributed by atoms with E-state index >= 15 is 4.39 Å². The van der Waals surface area contributed by atoms with E-state index in [1.54, 1.807) is 6.92 Å². The van der Waals surface area contributed by atoms with E-state index in [2.05, 4.69) is 5.32 Å². The molecule has 3 aromatic rings. The first kappa shape index (κ1) is 28.6. The summed E-state index contributed by atoms with van der Waals surface area (Å²) in [5.74, 6) is -3.11. The molecule has 3 rings (SSSR count). The number of halogens is 2. The van der Waals surface area contributed by atoms with E-state index in [-0.39, 0.29) is 52.2 Å². The summed E-state index contributed by atoms with van der Waals surface area (Å²) in [5.41, 5.74) is 4.63. The third-order valence-electron chi connectivity index (χ3n) is 5.75. The van der Waals surface area contributed by atoms with Crippen molar-refractivity contribution in [2.45, 2.75) is 26.9 Å². The third kappa shape index (κ3) is 6.13. The van der Waals surface area contributed by atoms with Crippen LogP contribution in [0.3, 0.4) is 0 Å². The number of hydrogen-bond donors (Lipinski definition) is 2. The Balaban J connectivity index is 2.35. The van der Waals surface area contributed by atoms with Crippen LogP contribution in [0.5, 0.6) is 0 Å². The van der Waals surface area contributed by atoms with Gasteiger partial charge in [0.1, 0.15) is 31.7 Å². The van der Waals surface area contributed by atoms with Gasteiger partial charge in [-0.25, -0.2) is 13.6 Å². The number of aromatic nitrogens is 1. The van der Waals surface area contributed by atoms with Crippen molar-refractivity contribution in [1.82, 2.24) is 9.47 Å². The molecule has 0 amide bonds. The average molecular weight is 526 g/mol. The lowest BCUT2D eigenvalue weighted by molar-refractivity contribution is -0.142. The van der Waals surface area contributed by atoms with E-state index in [1.165, 1.54) is 23.8 Å². The molecule has 0 saturated carbocycles. The Morgan fingerprint density at radius 3 is 2.50 bits per heavy atom. The molecular formula is C26H29BF2N4O5. The Morgan fingerprint density at radius 1 is 1.16 bits per heavy atom. The number of esters is 2. The number of carbonyl (C=O) groups excluding carboxylic acids is 2. The number of pyridine rings is 1. The van der Waals surface area contributed by atoms with Gasteiger partial charge in [0.2, 0.25) is 5.43 Å². The smallest absolute Gasteiger partial charge is 0.343 e. The molecule has 2 aromatic carbocycles. The molecule has 0 fully saturated rings. The zero-order valence-electron chi connectivity index (χ0n) is 21.7. The minimum atomic E-state index is -0.936. The highest BCUT2D eigenvalue weighted by atomic mass is 19.1. The molecule has 1 aromatic heterocycles. The van der Waals surface area contributed by atoms with Crippen LogP contribution in [-0.4, -0.2) is 63.0 Å². The lowest BCUT2D eigenvalue weighted by Gasteiger charge is -2.21. The highest BCUT2D eigenvalue weighted by Crippen LogP contribution is 2.27. The number of nitrogen functional groups attached to an aromatic ring is 1. The van der Waals surface area contributed by atoms with Gasteiger partial charge in [-0.15, -0.1) is 0 Å². The van der Waals surface area contributed by atoms with E-state index in [9.17, 15) is 18.8 Å². The fourth-order valence-corrected chi connectivity index (χ4v) is 3.96. The van der Waals surface area contributed by atoms with Crippen molar-refractivity contribution >= 4 is 47.5 Å². The molecule has 3 N–H and O–H groups in total. The van der Waals surface area contributed by atoms with E-state index in [0.717, 1.165) is 18.7 Å². The van der Waals surface area contributed by atoms with Gasteiger partial charge in [0.15, 0.2) is 0 Å². The molecule has 200 valence electrons. The van der Waals surface area contributed by atoms with Crippen molar-refractivity contribution in [3.05, 3.63) is 57.4 Å². The number of anilines is 2. The molecule has 2 radical (unpaired) electrons. The first-order valence-electron chi connectivity index (χ1n) is 11.9. The van der Waals surface area contributed by atoms with Gasteiger partial charge in [-0.2, -0.15) is 0 Å². The minimum absolute atomic E-state index is 0.0101. The molecule has 12 heteroatoms. The van der Waals surface area contributed by atoms with Crippen molar-refractivity contribution in [2.24, 2.45) is 0 Å². The van der Waals surface area contributed by atoms with Crippen molar-refractivity contribution in [3.63, 3.8) is 0 Å². The third-order valence-corrected chi connectivity index (χ3v) is 5.75. The SMILES string of the molecule is [B]c1c(NCCCN(C)C)c(F)cc2c(=O)c(C(=O)OCC)cn(-c3cc(N)c(F)cc3COC(C)=O)c12. The maximum Gasteiger partial charge on any atom is 0.343 e. The summed E-state index contributed by atoms with van der Waals surface area (Å²) in [6.07, 6.45) is 1.86. The van der Waals surface area contributed by atoms with Crippen LogP contribution in [0.25, 0.3) is 16.6 Å². The molecular weight excluding hydrogens is 497 g/mol. The highest BCUT2D eigenvalue weighted by molar-refractivity contribution is 6.42. The monoisotopic (exact) mass is 526 g/mol. The average Bonchev–Trinajstić information content (AvgIpc) is 2.84. The number of hydrogen-bond acceptors (Lipinski definition) is 8. The Hall–Kier alpha value is -3.93. The largest absolute Gasteiger partial charge is 0.462 e. The molecule has 0 spiro atoms. The summed E-state index contributed by atoms with van der Waals surface area (Å²) in [6.45, 7) is 3.53. The number of rotatable bonds is 10. The van der Waals surface area contributed by atoms with Gasteiger partial charge < -0.3 is 30.0 Å². The van der Waals surface area contributed by atoms with Gasteiger partial charge in [0.25, 0.3) is 0 Å². The molecule has 0 aliphatic heterocycles. The fourth-order valence-electron chi connectivity index (χ4n) is 3.96. The van der Waals surface area contributed by atoms with Crippen LogP contribution >= 0.6 is 0 Å². The minimum Gasteiger partial charge on any atom is -0.462 e. The lowest BCUT2D eigenvalue weighted by atomic mass is 9.89. The maximum absolute atomic E-state index is 15.2. The second kappa shape index (κ2) is 12.1. The molecule has 0 bridgehead atoms. The predicted octanol–water partition coefficient (Wildman–Crippen LogP) is 2.25. The molecule has 1 heterocycles. The van der Waals surface area contributed by atoms with Gasteiger partial charge in [-0.3, -0.25) is 9.59 Å². The van der Waals surface area contributed by atoms with E-state index < -0.39 is 34.6 Å². The van der Waals surface area contributed by atoms with Crippen molar-refractivity contribution in [2.75, 3.05) is 44.8 Å². The van der Waals surface area contributed by atoms with Gasteiger partial charge >= 0.3 is 11.9 Å². The van der Waals surface area contributed by atoms with Crippen molar-refractivity contribution in [3.8, 4) is 5.69 Å². The molecule has 0 aliphatic rings. The number of nitrogens with zero attached hydrogens (tertiary/aromatic N) is 2. The maximum atomic E-state index is 15.2. The Morgan fingerprint density at radius 2 is 1.87 bits per heavy atom. The highest BCUT2D eigenvalue weighted by Gasteiger charge is 2.23. The van der Waals surface area contributed by atoms with Crippen LogP contribution < -0.4 is 21.9 Å². The molecule has 9 nitrogen and oxygen atoms in total. The second-order valence-electron chi connectivity index (χ2n) is 8.87. The topological polar surface area (TPSA) is 116 Å². The first-order valence-corrected chi connectivity index (χ1v) is 11.9. The Kier molecular flexibility index (Phi) is 9.11. The summed E-state index contributed by atoms with van der Waals surface area (Å²) >= 11 is 0. The Labute approximate surface area is 219 Å². The van der Waals surface area contributed by atoms with E-state index in [0.29, 0.717) is 13.0 Å². The van der Waals surface area contributed by atoms with Crippen LogP contribution in [-0.2, 0) is 20.9 Å². The van der Waals surface area contributed by atoms with E-state index in [4.69, 9.17) is 23.1 Å². The quantitative estimate of drug-likeness (QED) is 0.179. The number of nitrogens with two attached hydrogens (primary N) is 1. The summed E-state index contributed by atoms with van der Waals surface area (Å²) in [4.78, 5) is 39.4. The molecule has 0 unspecified atom stereocenters. The summed E-state index contributed by atoms with van der Waals surface area (Å²) in [6, 6.07) is 3.31. The number of carbonyl (C=O) groups is 2. The normalized spacial score (nSPS) is 11.1. The van der Waals surface area contributed by atoms with Crippen LogP contribution in [0.1, 0.15) is 36.2 Å². The fraction of sp³-hybridized carbons (Fsp3) is 0.346. The van der Waals surface area contributed by atoms with Gasteiger partial charge in [-0.1, -0.05) is 0 Å². The van der Waals surface area contributed by atoms with Crippen LogP contribution in [0.15, 0.2) is 29.2 Å². The van der Waals surface area contributed by atoms with Crippen molar-refractivity contribution in [1.29, 1.82) is 0 Å². The van der Waals surface area contributed by atoms with Crippen molar-refractivity contribution < 1.29 is 27.8 Å². The zero-order valence-corrected chi connectivity index (χ0v) is 21.7. The van der Waals surface area contributed by atoms with E-state index in [1.807, 2.05) is 19.0 Å². The number of nitrogens with one attached hydrogen (secondary N) is 1. The zero-order chi connectivity index (χ0) is 28.1. The predicted molar refractivity (Wildman–Crippen MR) is 142 cm³/mol. The molecule has 0 saturated heterocycles. The van der Waals surface area contributed by atoms with Gasteiger partial charge in [0.05, 0.1) is 29.2 Å². The number of fused-ring (bicyclic) bond motifs is 1. The standard InChI is InChI=1S/C26H29BF2N4O5/c1-5-37-26(36)17-12-33(21-11-20(30)18(28)9-15(21)13-38-14(2)34)24-16(25(17)35)10-19(29)23(22(24)27)31-7-6-8-32(3)4/h9-12,31H,5-8,13,30H2,1-4H3. The molecule has 38 heavy (non-hydrogen) atoms. The van der Waals surface area contributed by atoms with Crippen LogP contribution in [0.4, 0.5) is 20.2 Å². The van der Waals surface area contributed by atoms with Gasteiger partial charge in [0, 0.05) is 30.6 Å². The molecule has 0 aliphatic carbocycles. The summed E-state index contributed by atoms with van der Waals surface area (Å²) in [7, 11) is 10.2. The first-order chi connectivity index (χ1) is 18.0. The second-order valence-corrected chi connectivity index (χ2v) is 8.87. The van der Waals surface area contributed by atoms with Crippen LogP contribution in [0, 0.1) is 11.6 Å². The molecule has 0 atom stereocenters. The summed E-state index contributed by atoms with van der Waals surface area (Å²) < 4.78 is 41.1. The number of benzene rings is 2.